The van der Waals surface area contributed by atoms with Crippen LogP contribution in [-0.4, -0.2) is 33.6 Å². The highest BCUT2D eigenvalue weighted by Gasteiger charge is 2.36. The molecule has 30 heavy (non-hydrogen) atoms. The standard InChI is InChI=1S/C24H24Cl2N2O2/c25-20-7-3-18(4-8-20)22(27-13-1-2-14-27)17-23(29)28-15-11-24(30,12-16-28)19-5-9-21(26)10-6-19/h1-10,13-14,22,30H,11-12,15-17H2/t22-/m1/s1. The summed E-state index contributed by atoms with van der Waals surface area (Å²) in [4.78, 5) is 15.0. The average Bonchev–Trinajstić information content (AvgIpc) is 3.28. The number of rotatable bonds is 5. The van der Waals surface area contributed by atoms with Gasteiger partial charge in [-0.15, -0.1) is 0 Å². The molecule has 1 aliphatic rings. The van der Waals surface area contributed by atoms with Gasteiger partial charge in [-0.25, -0.2) is 0 Å². The fraction of sp³-hybridized carbons (Fsp3) is 0.292. The van der Waals surface area contributed by atoms with Gasteiger partial charge in [-0.2, -0.15) is 0 Å². The quantitative estimate of drug-likeness (QED) is 0.583. The molecule has 1 N–H and O–H groups in total. The first-order valence-corrected chi connectivity index (χ1v) is 10.8. The lowest BCUT2D eigenvalue weighted by Gasteiger charge is -2.39. The third-order valence-corrected chi connectivity index (χ3v) is 6.44. The summed E-state index contributed by atoms with van der Waals surface area (Å²) in [5.74, 6) is 0.0850. The normalized spacial score (nSPS) is 17.0. The molecule has 1 fully saturated rings. The number of amides is 1. The van der Waals surface area contributed by atoms with Crippen molar-refractivity contribution in [1.29, 1.82) is 0 Å². The Morgan fingerprint density at radius 3 is 2.03 bits per heavy atom. The van der Waals surface area contributed by atoms with Crippen LogP contribution in [0.2, 0.25) is 10.0 Å². The maximum absolute atomic E-state index is 13.1. The highest BCUT2D eigenvalue weighted by atomic mass is 35.5. The van der Waals surface area contributed by atoms with E-state index in [0.29, 0.717) is 42.4 Å². The van der Waals surface area contributed by atoms with Gasteiger partial charge in [0.05, 0.1) is 18.1 Å². The van der Waals surface area contributed by atoms with Crippen LogP contribution >= 0.6 is 23.2 Å². The summed E-state index contributed by atoms with van der Waals surface area (Å²) in [6.45, 7) is 1.05. The third kappa shape index (κ3) is 4.56. The molecule has 1 aliphatic heterocycles. The second kappa shape index (κ2) is 8.84. The van der Waals surface area contributed by atoms with E-state index in [1.165, 1.54) is 0 Å². The first-order chi connectivity index (χ1) is 14.4. The largest absolute Gasteiger partial charge is 0.385 e. The summed E-state index contributed by atoms with van der Waals surface area (Å²) < 4.78 is 2.05. The summed E-state index contributed by atoms with van der Waals surface area (Å²) in [5.41, 5.74) is 0.973. The molecule has 4 rings (SSSR count). The van der Waals surface area contributed by atoms with E-state index in [-0.39, 0.29) is 11.9 Å². The van der Waals surface area contributed by atoms with Crippen LogP contribution in [0.3, 0.4) is 0 Å². The molecule has 1 aromatic heterocycles. The maximum Gasteiger partial charge on any atom is 0.225 e. The van der Waals surface area contributed by atoms with Crippen molar-refractivity contribution >= 4 is 29.1 Å². The minimum Gasteiger partial charge on any atom is -0.385 e. The van der Waals surface area contributed by atoms with Crippen LogP contribution in [-0.2, 0) is 10.4 Å². The topological polar surface area (TPSA) is 45.5 Å². The molecule has 6 heteroatoms. The molecule has 1 saturated heterocycles. The van der Waals surface area contributed by atoms with Gasteiger partial charge in [0.15, 0.2) is 0 Å². The van der Waals surface area contributed by atoms with Crippen molar-refractivity contribution < 1.29 is 9.90 Å². The molecule has 0 unspecified atom stereocenters. The molecule has 0 aliphatic carbocycles. The predicted octanol–water partition coefficient (Wildman–Crippen LogP) is 5.28. The molecule has 0 saturated carbocycles. The van der Waals surface area contributed by atoms with Crippen LogP contribution in [0.4, 0.5) is 0 Å². The Kier molecular flexibility index (Phi) is 6.19. The lowest BCUT2D eigenvalue weighted by molar-refractivity contribution is -0.136. The van der Waals surface area contributed by atoms with E-state index in [4.69, 9.17) is 23.2 Å². The Labute approximate surface area is 186 Å². The zero-order valence-corrected chi connectivity index (χ0v) is 18.1. The molecule has 0 bridgehead atoms. The fourth-order valence-corrected chi connectivity index (χ4v) is 4.36. The summed E-state index contributed by atoms with van der Waals surface area (Å²) in [6, 6.07) is 18.8. The smallest absolute Gasteiger partial charge is 0.225 e. The van der Waals surface area contributed by atoms with E-state index in [0.717, 1.165) is 11.1 Å². The number of benzene rings is 2. The number of halogens is 2. The number of piperidine rings is 1. The summed E-state index contributed by atoms with van der Waals surface area (Å²) in [5, 5.41) is 12.4. The third-order valence-electron chi connectivity index (χ3n) is 5.94. The predicted molar refractivity (Wildman–Crippen MR) is 120 cm³/mol. The van der Waals surface area contributed by atoms with Crippen LogP contribution in [0.15, 0.2) is 73.1 Å². The highest BCUT2D eigenvalue weighted by molar-refractivity contribution is 6.30. The summed E-state index contributed by atoms with van der Waals surface area (Å²) in [7, 11) is 0. The Morgan fingerprint density at radius 1 is 0.933 bits per heavy atom. The van der Waals surface area contributed by atoms with Gasteiger partial charge in [0.25, 0.3) is 0 Å². The van der Waals surface area contributed by atoms with E-state index >= 15 is 0 Å². The van der Waals surface area contributed by atoms with Crippen molar-refractivity contribution in [2.75, 3.05) is 13.1 Å². The Morgan fingerprint density at radius 2 is 1.47 bits per heavy atom. The van der Waals surface area contributed by atoms with E-state index < -0.39 is 5.60 Å². The molecule has 4 nitrogen and oxygen atoms in total. The number of aromatic nitrogens is 1. The van der Waals surface area contributed by atoms with Crippen molar-refractivity contribution in [1.82, 2.24) is 9.47 Å². The van der Waals surface area contributed by atoms with E-state index in [2.05, 4.69) is 4.57 Å². The van der Waals surface area contributed by atoms with Crippen LogP contribution in [0.25, 0.3) is 0 Å². The number of hydrogen-bond acceptors (Lipinski definition) is 2. The first kappa shape index (κ1) is 21.0. The van der Waals surface area contributed by atoms with Crippen molar-refractivity contribution in [3.8, 4) is 0 Å². The molecule has 0 spiro atoms. The first-order valence-electron chi connectivity index (χ1n) is 10.1. The van der Waals surface area contributed by atoms with E-state index in [1.54, 1.807) is 12.1 Å². The van der Waals surface area contributed by atoms with Gasteiger partial charge >= 0.3 is 0 Å². The Bertz CT molecular complexity index is 977. The molecule has 156 valence electrons. The number of nitrogens with zero attached hydrogens (tertiary/aromatic N) is 2. The minimum atomic E-state index is -0.919. The average molecular weight is 443 g/mol. The van der Waals surface area contributed by atoms with E-state index in [1.807, 2.05) is 65.8 Å². The number of likely N-dealkylation sites (tertiary alicyclic amines) is 1. The number of carbonyl (C=O) groups is 1. The SMILES string of the molecule is O=C(C[C@H](c1ccc(Cl)cc1)n1cccc1)N1CCC(O)(c2ccc(Cl)cc2)CC1. The molecule has 2 heterocycles. The molecular weight excluding hydrogens is 419 g/mol. The molecular formula is C24H24Cl2N2O2. The second-order valence-electron chi connectivity index (χ2n) is 7.82. The Balaban J connectivity index is 1.45. The number of carbonyl (C=O) groups excluding carboxylic acids is 1. The fourth-order valence-electron chi connectivity index (χ4n) is 4.11. The van der Waals surface area contributed by atoms with Crippen molar-refractivity contribution in [3.63, 3.8) is 0 Å². The second-order valence-corrected chi connectivity index (χ2v) is 8.69. The molecule has 0 radical (unpaired) electrons. The van der Waals surface area contributed by atoms with Crippen LogP contribution in [0, 0.1) is 0 Å². The van der Waals surface area contributed by atoms with Gasteiger partial charge in [0.2, 0.25) is 5.91 Å². The maximum atomic E-state index is 13.1. The lowest BCUT2D eigenvalue weighted by atomic mass is 9.84. The van der Waals surface area contributed by atoms with Gasteiger partial charge < -0.3 is 14.6 Å². The van der Waals surface area contributed by atoms with Crippen molar-refractivity contribution in [2.45, 2.75) is 30.9 Å². The van der Waals surface area contributed by atoms with Crippen LogP contribution in [0.5, 0.6) is 0 Å². The Hall–Kier alpha value is -2.27. The van der Waals surface area contributed by atoms with Gasteiger partial charge in [-0.1, -0.05) is 47.5 Å². The minimum absolute atomic E-state index is 0.0850. The zero-order chi connectivity index (χ0) is 21.1. The van der Waals surface area contributed by atoms with Crippen molar-refractivity contribution in [3.05, 3.63) is 94.2 Å². The summed E-state index contributed by atoms with van der Waals surface area (Å²) >= 11 is 12.0. The van der Waals surface area contributed by atoms with Crippen LogP contribution in [0.1, 0.15) is 36.4 Å². The van der Waals surface area contributed by atoms with Gasteiger partial charge in [0.1, 0.15) is 0 Å². The zero-order valence-electron chi connectivity index (χ0n) is 16.5. The van der Waals surface area contributed by atoms with E-state index in [9.17, 15) is 9.90 Å². The highest BCUT2D eigenvalue weighted by Crippen LogP contribution is 2.34. The molecule has 2 aromatic carbocycles. The van der Waals surface area contributed by atoms with Crippen LogP contribution < -0.4 is 0 Å². The summed E-state index contributed by atoms with van der Waals surface area (Å²) in [6.07, 6.45) is 5.32. The molecule has 1 atom stereocenters. The van der Waals surface area contributed by atoms with Gasteiger partial charge in [-0.05, 0) is 60.4 Å². The number of hydrogen-bond donors (Lipinski definition) is 1. The monoisotopic (exact) mass is 442 g/mol. The van der Waals surface area contributed by atoms with Gasteiger partial charge in [0, 0.05) is 35.5 Å². The molecule has 3 aromatic rings. The molecule has 1 amide bonds. The lowest BCUT2D eigenvalue weighted by Crippen LogP contribution is -2.45. The number of aliphatic hydroxyl groups is 1. The van der Waals surface area contributed by atoms with Crippen molar-refractivity contribution in [2.24, 2.45) is 0 Å². The van der Waals surface area contributed by atoms with Gasteiger partial charge in [-0.3, -0.25) is 4.79 Å².